The van der Waals surface area contributed by atoms with Crippen molar-refractivity contribution < 1.29 is 4.79 Å². The first-order valence-corrected chi connectivity index (χ1v) is 7.45. The molecule has 1 N–H and O–H groups in total. The molecule has 0 atom stereocenters. The molecule has 0 saturated heterocycles. The summed E-state index contributed by atoms with van der Waals surface area (Å²) in [7, 11) is 0. The molecule has 0 bridgehead atoms. The maximum absolute atomic E-state index is 12.1. The molecule has 114 valence electrons. The summed E-state index contributed by atoms with van der Waals surface area (Å²) >= 11 is 11.7. The Morgan fingerprint density at radius 1 is 1.09 bits per heavy atom. The number of allylic oxidation sites excluding steroid dienone is 2. The first-order valence-electron chi connectivity index (χ1n) is 6.69. The number of nitrogens with one attached hydrogen (secondary N) is 1. The molecule has 0 aliphatic heterocycles. The van der Waals surface area contributed by atoms with Gasteiger partial charge in [0.05, 0.1) is 0 Å². The smallest absolute Gasteiger partial charge is 0.266 e. The van der Waals surface area contributed by atoms with Gasteiger partial charge in [-0.05, 0) is 29.8 Å². The summed E-state index contributed by atoms with van der Waals surface area (Å²) in [5, 5.41) is 12.5. The van der Waals surface area contributed by atoms with Crippen molar-refractivity contribution in [3.05, 3.63) is 81.9 Å². The highest BCUT2D eigenvalue weighted by atomic mass is 35.5. The van der Waals surface area contributed by atoms with Gasteiger partial charge in [0, 0.05) is 15.7 Å². The van der Waals surface area contributed by atoms with Crippen LogP contribution >= 0.6 is 23.2 Å². The van der Waals surface area contributed by atoms with Gasteiger partial charge in [-0.3, -0.25) is 4.79 Å². The van der Waals surface area contributed by atoms with Gasteiger partial charge in [-0.25, -0.2) is 0 Å². The summed E-state index contributed by atoms with van der Waals surface area (Å²) < 4.78 is 0. The van der Waals surface area contributed by atoms with E-state index in [0.29, 0.717) is 15.7 Å². The molecular formula is C18H12Cl2N2O. The van der Waals surface area contributed by atoms with Gasteiger partial charge < -0.3 is 5.32 Å². The largest absolute Gasteiger partial charge is 0.321 e. The van der Waals surface area contributed by atoms with Gasteiger partial charge in [0.25, 0.3) is 5.91 Å². The molecule has 3 nitrogen and oxygen atoms in total. The van der Waals surface area contributed by atoms with Gasteiger partial charge >= 0.3 is 0 Å². The van der Waals surface area contributed by atoms with Gasteiger partial charge in [0.1, 0.15) is 11.6 Å². The number of hydrogen-bond acceptors (Lipinski definition) is 2. The molecule has 5 heteroatoms. The van der Waals surface area contributed by atoms with Crippen LogP contribution in [0, 0.1) is 11.3 Å². The van der Waals surface area contributed by atoms with Crippen LogP contribution in [0.4, 0.5) is 5.69 Å². The first kappa shape index (κ1) is 16.8. The summed E-state index contributed by atoms with van der Waals surface area (Å²) in [6.07, 6.45) is 4.91. The Balaban J connectivity index is 2.11. The zero-order chi connectivity index (χ0) is 16.7. The van der Waals surface area contributed by atoms with E-state index < -0.39 is 5.91 Å². The molecular weight excluding hydrogens is 331 g/mol. The third-order valence-electron chi connectivity index (χ3n) is 2.84. The summed E-state index contributed by atoms with van der Waals surface area (Å²) in [5.41, 5.74) is 1.39. The maximum atomic E-state index is 12.1. The minimum Gasteiger partial charge on any atom is -0.321 e. The second-order valence-corrected chi connectivity index (χ2v) is 5.45. The molecule has 2 aromatic carbocycles. The van der Waals surface area contributed by atoms with Crippen LogP contribution in [-0.2, 0) is 4.79 Å². The predicted molar refractivity (Wildman–Crippen MR) is 94.3 cm³/mol. The lowest BCUT2D eigenvalue weighted by Crippen LogP contribution is -2.13. The van der Waals surface area contributed by atoms with E-state index in [0.717, 1.165) is 5.56 Å². The third-order valence-corrected chi connectivity index (χ3v) is 3.27. The first-order chi connectivity index (χ1) is 11.1. The molecule has 0 aromatic heterocycles. The molecule has 23 heavy (non-hydrogen) atoms. The lowest BCUT2D eigenvalue weighted by molar-refractivity contribution is -0.112. The Bertz CT molecular complexity index is 785. The summed E-state index contributed by atoms with van der Waals surface area (Å²) in [5.74, 6) is -0.524. The highest BCUT2D eigenvalue weighted by Gasteiger charge is 2.09. The number of halogens is 2. The van der Waals surface area contributed by atoms with E-state index in [1.165, 1.54) is 6.08 Å². The fourth-order valence-corrected chi connectivity index (χ4v) is 2.33. The van der Waals surface area contributed by atoms with Crippen molar-refractivity contribution in [2.75, 3.05) is 5.32 Å². The van der Waals surface area contributed by atoms with Crippen molar-refractivity contribution in [2.24, 2.45) is 0 Å². The number of nitrogens with zero attached hydrogens (tertiary/aromatic N) is 1. The van der Waals surface area contributed by atoms with Gasteiger partial charge in [-0.2, -0.15) is 5.26 Å². The molecule has 0 heterocycles. The lowest BCUT2D eigenvalue weighted by Gasteiger charge is -2.05. The minimum atomic E-state index is -0.524. The quantitative estimate of drug-likeness (QED) is 0.477. The Hall–Kier alpha value is -2.54. The van der Waals surface area contributed by atoms with E-state index in [1.807, 2.05) is 36.4 Å². The molecule has 1 amide bonds. The number of amides is 1. The minimum absolute atomic E-state index is 0.0201. The standard InChI is InChI=1S/C18H12Cl2N2O/c19-15-9-16(20)11-17(10-15)22-18(23)14(12-21)8-4-7-13-5-2-1-3-6-13/h1-11H,(H,22,23)/b7-4+,14-8+. The van der Waals surface area contributed by atoms with E-state index in [4.69, 9.17) is 28.5 Å². The fraction of sp³-hybridized carbons (Fsp3) is 0. The van der Waals surface area contributed by atoms with Crippen molar-refractivity contribution in [1.82, 2.24) is 0 Å². The summed E-state index contributed by atoms with van der Waals surface area (Å²) in [6.45, 7) is 0. The second-order valence-electron chi connectivity index (χ2n) is 4.57. The van der Waals surface area contributed by atoms with Crippen LogP contribution in [0.5, 0.6) is 0 Å². The number of carbonyl (C=O) groups excluding carboxylic acids is 1. The number of carbonyl (C=O) groups is 1. The fourth-order valence-electron chi connectivity index (χ4n) is 1.81. The SMILES string of the molecule is N#C/C(=C\C=C\c1ccccc1)C(=O)Nc1cc(Cl)cc(Cl)c1. The number of rotatable bonds is 4. The molecule has 0 aliphatic rings. The molecule has 0 aliphatic carbocycles. The molecule has 2 rings (SSSR count). The van der Waals surface area contributed by atoms with Crippen LogP contribution in [-0.4, -0.2) is 5.91 Å². The molecule has 0 radical (unpaired) electrons. The van der Waals surface area contributed by atoms with Gasteiger partial charge in [0.2, 0.25) is 0 Å². The van der Waals surface area contributed by atoms with E-state index in [1.54, 1.807) is 30.4 Å². The average Bonchev–Trinajstić information content (AvgIpc) is 2.51. The normalized spacial score (nSPS) is 11.3. The zero-order valence-electron chi connectivity index (χ0n) is 12.0. The Kier molecular flexibility index (Phi) is 5.99. The van der Waals surface area contributed by atoms with Gasteiger partial charge in [-0.15, -0.1) is 0 Å². The Morgan fingerprint density at radius 2 is 1.74 bits per heavy atom. The van der Waals surface area contributed by atoms with Crippen LogP contribution in [0.1, 0.15) is 5.56 Å². The Labute approximate surface area is 144 Å². The third kappa shape index (κ3) is 5.30. The zero-order valence-corrected chi connectivity index (χ0v) is 13.5. The Morgan fingerprint density at radius 3 is 2.35 bits per heavy atom. The van der Waals surface area contributed by atoms with E-state index in [-0.39, 0.29) is 5.57 Å². The summed E-state index contributed by atoms with van der Waals surface area (Å²) in [6, 6.07) is 16.1. The van der Waals surface area contributed by atoms with E-state index in [9.17, 15) is 4.79 Å². The molecule has 2 aromatic rings. The number of anilines is 1. The maximum Gasteiger partial charge on any atom is 0.266 e. The molecule has 0 fully saturated rings. The topological polar surface area (TPSA) is 52.9 Å². The molecule has 0 spiro atoms. The van der Waals surface area contributed by atoms with Crippen LogP contribution in [0.15, 0.2) is 66.3 Å². The van der Waals surface area contributed by atoms with Crippen LogP contribution in [0.25, 0.3) is 6.08 Å². The van der Waals surface area contributed by atoms with Crippen molar-refractivity contribution in [3.8, 4) is 6.07 Å². The van der Waals surface area contributed by atoms with E-state index >= 15 is 0 Å². The van der Waals surface area contributed by atoms with Gasteiger partial charge in [-0.1, -0.05) is 65.7 Å². The van der Waals surface area contributed by atoms with Crippen molar-refractivity contribution >= 4 is 40.9 Å². The average molecular weight is 343 g/mol. The van der Waals surface area contributed by atoms with Crippen molar-refractivity contribution in [3.63, 3.8) is 0 Å². The lowest BCUT2D eigenvalue weighted by atomic mass is 10.2. The number of hydrogen-bond donors (Lipinski definition) is 1. The molecule has 0 unspecified atom stereocenters. The van der Waals surface area contributed by atoms with Gasteiger partial charge in [0.15, 0.2) is 0 Å². The van der Waals surface area contributed by atoms with Crippen LogP contribution < -0.4 is 5.32 Å². The molecule has 0 saturated carbocycles. The van der Waals surface area contributed by atoms with Crippen LogP contribution in [0.3, 0.4) is 0 Å². The van der Waals surface area contributed by atoms with Crippen molar-refractivity contribution in [1.29, 1.82) is 5.26 Å². The monoisotopic (exact) mass is 342 g/mol. The number of benzene rings is 2. The van der Waals surface area contributed by atoms with Crippen molar-refractivity contribution in [2.45, 2.75) is 0 Å². The highest BCUT2D eigenvalue weighted by molar-refractivity contribution is 6.35. The van der Waals surface area contributed by atoms with Crippen LogP contribution in [0.2, 0.25) is 10.0 Å². The summed E-state index contributed by atoms with van der Waals surface area (Å²) in [4.78, 5) is 12.1. The number of nitriles is 1. The van der Waals surface area contributed by atoms with E-state index in [2.05, 4.69) is 5.32 Å². The highest BCUT2D eigenvalue weighted by Crippen LogP contribution is 2.22. The predicted octanol–water partition coefficient (Wildman–Crippen LogP) is 5.10. The second kappa shape index (κ2) is 8.19.